The molecule has 2 aromatic rings. The largest absolute Gasteiger partial charge is 0.331 e. The van der Waals surface area contributed by atoms with Gasteiger partial charge in [0.15, 0.2) is 9.92 Å². The van der Waals surface area contributed by atoms with Crippen LogP contribution in [0.2, 0.25) is 0 Å². The van der Waals surface area contributed by atoms with Crippen LogP contribution in [0.5, 0.6) is 0 Å². The van der Waals surface area contributed by atoms with Crippen molar-refractivity contribution in [1.82, 2.24) is 4.72 Å². The average Bonchev–Trinajstić information content (AvgIpc) is 3.29. The zero-order valence-electron chi connectivity index (χ0n) is 17.0. The van der Waals surface area contributed by atoms with Gasteiger partial charge in [-0.3, -0.25) is 0 Å². The second-order valence-electron chi connectivity index (χ2n) is 7.94. The summed E-state index contributed by atoms with van der Waals surface area (Å²) in [5, 5.41) is 2.88. The fourth-order valence-corrected chi connectivity index (χ4v) is 7.21. The Morgan fingerprint density at radius 1 is 0.933 bits per heavy atom. The van der Waals surface area contributed by atoms with Gasteiger partial charge in [-0.05, 0) is 79.8 Å². The molecule has 2 aromatic carbocycles. The molecule has 2 N–H and O–H groups in total. The lowest BCUT2D eigenvalue weighted by molar-refractivity contribution is 0.257. The quantitative estimate of drug-likeness (QED) is 0.748. The van der Waals surface area contributed by atoms with Crippen molar-refractivity contribution in [3.8, 4) is 0 Å². The van der Waals surface area contributed by atoms with Crippen molar-refractivity contribution in [3.63, 3.8) is 0 Å². The van der Waals surface area contributed by atoms with Gasteiger partial charge in [-0.25, -0.2) is 22.1 Å². The molecule has 0 saturated heterocycles. The monoisotopic (exact) mass is 447 g/mol. The molecule has 0 bridgehead atoms. The second kappa shape index (κ2) is 7.70. The molecule has 0 saturated carbocycles. The molecule has 30 heavy (non-hydrogen) atoms. The number of urea groups is 1. The lowest BCUT2D eigenvalue weighted by Gasteiger charge is -2.18. The molecule has 9 heteroatoms. The van der Waals surface area contributed by atoms with Crippen molar-refractivity contribution < 1.29 is 17.4 Å². The standard InChI is InChI=1S/C21H25N3O4S2/c1-14-9-11-17(12-10-14)30(28,24-29(2,26)27)23-21(25)22-20-18-7-3-5-15(18)13-16-6-4-8-19(16)20/h9-13H,3-8H2,1-2H3,(H2,22,23,24,25,28). The molecular weight excluding hydrogens is 422 g/mol. The maximum absolute atomic E-state index is 13.5. The normalized spacial score (nSPS) is 17.0. The summed E-state index contributed by atoms with van der Waals surface area (Å²) in [4.78, 5) is 13.0. The first kappa shape index (κ1) is 20.9. The van der Waals surface area contributed by atoms with E-state index in [0.29, 0.717) is 0 Å². The van der Waals surface area contributed by atoms with Crippen molar-refractivity contribution in [2.75, 3.05) is 11.6 Å². The summed E-state index contributed by atoms with van der Waals surface area (Å²) in [6, 6.07) is 7.96. The van der Waals surface area contributed by atoms with Crippen molar-refractivity contribution in [3.05, 3.63) is 58.1 Å². The Morgan fingerprint density at radius 3 is 2.03 bits per heavy atom. The number of benzene rings is 2. The molecule has 4 rings (SSSR count). The minimum atomic E-state index is -3.97. The maximum atomic E-state index is 13.5. The van der Waals surface area contributed by atoms with E-state index in [0.717, 1.165) is 67.2 Å². The van der Waals surface area contributed by atoms with E-state index in [2.05, 4.69) is 19.9 Å². The van der Waals surface area contributed by atoms with Crippen LogP contribution in [0.4, 0.5) is 10.5 Å². The number of fused-ring (bicyclic) bond motifs is 2. The molecule has 160 valence electrons. The Morgan fingerprint density at radius 2 is 1.50 bits per heavy atom. The summed E-state index contributed by atoms with van der Waals surface area (Å²) >= 11 is 0. The number of hydrogen-bond donors (Lipinski definition) is 2. The third-order valence-corrected chi connectivity index (χ3v) is 8.82. The fraction of sp³-hybridized carbons (Fsp3) is 0.381. The van der Waals surface area contributed by atoms with Crippen LogP contribution in [0, 0.1) is 6.92 Å². The summed E-state index contributed by atoms with van der Waals surface area (Å²) in [7, 11) is -7.69. The lowest BCUT2D eigenvalue weighted by atomic mass is 9.99. The number of anilines is 1. The predicted molar refractivity (Wildman–Crippen MR) is 118 cm³/mol. The molecule has 2 amide bonds. The van der Waals surface area contributed by atoms with Gasteiger partial charge in [0.05, 0.1) is 11.2 Å². The molecular formula is C21H25N3O4S2. The Bertz CT molecular complexity index is 1210. The molecule has 2 aliphatic carbocycles. The highest BCUT2D eigenvalue weighted by Gasteiger charge is 2.26. The molecule has 0 spiro atoms. The van der Waals surface area contributed by atoms with Crippen LogP contribution in [-0.2, 0) is 45.6 Å². The van der Waals surface area contributed by atoms with Crippen LogP contribution in [0.1, 0.15) is 40.7 Å². The summed E-state index contributed by atoms with van der Waals surface area (Å²) < 4.78 is 42.9. The second-order valence-corrected chi connectivity index (χ2v) is 11.7. The van der Waals surface area contributed by atoms with Gasteiger partial charge in [0.25, 0.3) is 10.0 Å². The maximum Gasteiger partial charge on any atom is 0.331 e. The van der Waals surface area contributed by atoms with Gasteiger partial charge in [-0.2, -0.15) is 0 Å². The molecule has 1 unspecified atom stereocenters. The van der Waals surface area contributed by atoms with Crippen LogP contribution < -0.4 is 10.0 Å². The molecule has 0 heterocycles. The van der Waals surface area contributed by atoms with Gasteiger partial charge in [-0.15, -0.1) is 0 Å². The van der Waals surface area contributed by atoms with E-state index in [-0.39, 0.29) is 4.90 Å². The van der Waals surface area contributed by atoms with Crippen molar-refractivity contribution in [2.24, 2.45) is 3.77 Å². The zero-order valence-corrected chi connectivity index (χ0v) is 18.7. The number of carbonyl (C=O) groups excluding carboxylic acids is 1. The van der Waals surface area contributed by atoms with Crippen LogP contribution in [0.3, 0.4) is 0 Å². The van der Waals surface area contributed by atoms with Gasteiger partial charge in [0, 0.05) is 5.69 Å². The number of aryl methyl sites for hydroxylation is 3. The highest BCUT2D eigenvalue weighted by atomic mass is 32.3. The Kier molecular flexibility index (Phi) is 5.36. The molecule has 0 aromatic heterocycles. The van der Waals surface area contributed by atoms with Gasteiger partial charge in [-0.1, -0.05) is 27.5 Å². The van der Waals surface area contributed by atoms with E-state index in [1.807, 2.05) is 6.92 Å². The van der Waals surface area contributed by atoms with Crippen LogP contribution in [-0.4, -0.2) is 24.9 Å². The highest BCUT2D eigenvalue weighted by Crippen LogP contribution is 2.38. The summed E-state index contributed by atoms with van der Waals surface area (Å²) in [5.41, 5.74) is 6.48. The average molecular weight is 448 g/mol. The van der Waals surface area contributed by atoms with Gasteiger partial charge >= 0.3 is 6.03 Å². The molecule has 7 nitrogen and oxygen atoms in total. The Balaban J connectivity index is 1.70. The van der Waals surface area contributed by atoms with Gasteiger partial charge in [0.1, 0.15) is 0 Å². The lowest BCUT2D eigenvalue weighted by Crippen LogP contribution is -2.35. The molecule has 0 aliphatic heterocycles. The van der Waals surface area contributed by atoms with Gasteiger partial charge in [0.2, 0.25) is 0 Å². The smallest absolute Gasteiger partial charge is 0.307 e. The van der Waals surface area contributed by atoms with Crippen molar-refractivity contribution >= 4 is 31.7 Å². The summed E-state index contributed by atoms with van der Waals surface area (Å²) in [5.74, 6) is 0. The molecule has 1 atom stereocenters. The zero-order chi connectivity index (χ0) is 21.5. The fourth-order valence-electron chi connectivity index (χ4n) is 4.27. The first-order chi connectivity index (χ1) is 14.1. The van der Waals surface area contributed by atoms with E-state index in [9.17, 15) is 17.4 Å². The number of rotatable bonds is 4. The minimum Gasteiger partial charge on any atom is -0.307 e. The van der Waals surface area contributed by atoms with E-state index < -0.39 is 26.0 Å². The predicted octanol–water partition coefficient (Wildman–Crippen LogP) is 3.50. The number of carbonyl (C=O) groups is 1. The molecule has 0 fully saturated rings. The number of hydrogen-bond acceptors (Lipinski definition) is 4. The van der Waals surface area contributed by atoms with Crippen LogP contribution >= 0.6 is 0 Å². The van der Waals surface area contributed by atoms with E-state index in [1.165, 1.54) is 23.3 Å². The van der Waals surface area contributed by atoms with Crippen molar-refractivity contribution in [2.45, 2.75) is 50.3 Å². The first-order valence-corrected chi connectivity index (χ1v) is 13.3. The van der Waals surface area contributed by atoms with Gasteiger partial charge < -0.3 is 5.32 Å². The Labute approximate surface area is 177 Å². The minimum absolute atomic E-state index is 0.136. The van der Waals surface area contributed by atoms with E-state index >= 15 is 0 Å². The number of nitrogens with one attached hydrogen (secondary N) is 2. The topological polar surface area (TPSA) is 105 Å². The van der Waals surface area contributed by atoms with Crippen LogP contribution in [0.25, 0.3) is 0 Å². The van der Waals surface area contributed by atoms with E-state index in [4.69, 9.17) is 0 Å². The summed E-state index contributed by atoms with van der Waals surface area (Å²) in [6.07, 6.45) is 6.69. The van der Waals surface area contributed by atoms with E-state index in [1.54, 1.807) is 12.1 Å². The highest BCUT2D eigenvalue weighted by molar-refractivity contribution is 8.02. The third-order valence-electron chi connectivity index (χ3n) is 5.52. The number of nitrogens with zero attached hydrogens (tertiary/aromatic N) is 1. The molecule has 0 radical (unpaired) electrons. The SMILES string of the molecule is Cc1ccc(S(=O)(=NS(C)(=O)=O)NC(=O)Nc2c3c(cc4c2CCC4)CCC3)cc1. The Hall–Kier alpha value is -2.39. The molecule has 2 aliphatic rings. The third kappa shape index (κ3) is 4.22. The number of amides is 2. The van der Waals surface area contributed by atoms with Crippen LogP contribution in [0.15, 0.2) is 39.0 Å². The van der Waals surface area contributed by atoms with Crippen molar-refractivity contribution in [1.29, 1.82) is 0 Å². The summed E-state index contributed by atoms with van der Waals surface area (Å²) in [6.45, 7) is 1.86. The first-order valence-electron chi connectivity index (χ1n) is 9.95. The number of sulfonamides is 1.